The van der Waals surface area contributed by atoms with Gasteiger partial charge >= 0.3 is 5.97 Å². The van der Waals surface area contributed by atoms with E-state index in [9.17, 15) is 9.90 Å². The van der Waals surface area contributed by atoms with Crippen molar-refractivity contribution in [1.29, 1.82) is 0 Å². The number of phenolic OH excluding ortho intramolecular Hbond substituents is 1. The predicted molar refractivity (Wildman–Crippen MR) is 78.6 cm³/mol. The van der Waals surface area contributed by atoms with Crippen LogP contribution in [0.15, 0.2) is 18.2 Å². The Morgan fingerprint density at radius 2 is 1.90 bits per heavy atom. The summed E-state index contributed by atoms with van der Waals surface area (Å²) < 4.78 is 5.39. The van der Waals surface area contributed by atoms with Crippen molar-refractivity contribution < 1.29 is 19.7 Å². The zero-order chi connectivity index (χ0) is 15.2. The summed E-state index contributed by atoms with van der Waals surface area (Å²) in [6.45, 7) is 6.21. The van der Waals surface area contributed by atoms with Crippen molar-refractivity contribution in [3.63, 3.8) is 0 Å². The van der Waals surface area contributed by atoms with Crippen molar-refractivity contribution >= 4 is 5.97 Å². The molecule has 116 valence electrons. The second kappa shape index (κ2) is 7.28. The highest BCUT2D eigenvalue weighted by Crippen LogP contribution is 2.30. The van der Waals surface area contributed by atoms with E-state index in [1.54, 1.807) is 6.07 Å². The maximum atomic E-state index is 10.7. The van der Waals surface area contributed by atoms with E-state index in [0.29, 0.717) is 18.9 Å². The van der Waals surface area contributed by atoms with Crippen LogP contribution in [0.1, 0.15) is 12.5 Å². The van der Waals surface area contributed by atoms with Crippen LogP contribution in [0.5, 0.6) is 11.5 Å². The van der Waals surface area contributed by atoms with E-state index in [1.165, 1.54) is 0 Å². The second-order valence-corrected chi connectivity index (χ2v) is 5.14. The fraction of sp³-hybridized carbons (Fsp3) is 0.533. The molecule has 1 fully saturated rings. The number of phenols is 1. The molecule has 1 aliphatic heterocycles. The minimum Gasteiger partial charge on any atom is -0.504 e. The molecule has 0 aliphatic carbocycles. The van der Waals surface area contributed by atoms with Gasteiger partial charge in [0.15, 0.2) is 11.5 Å². The number of piperazine rings is 1. The summed E-state index contributed by atoms with van der Waals surface area (Å²) in [7, 11) is 0. The van der Waals surface area contributed by atoms with Gasteiger partial charge in [0.05, 0.1) is 13.2 Å². The number of para-hydroxylation sites is 1. The lowest BCUT2D eigenvalue weighted by Crippen LogP contribution is -2.47. The lowest BCUT2D eigenvalue weighted by molar-refractivity contribution is -0.138. The molecule has 0 bridgehead atoms. The molecule has 2 rings (SSSR count). The van der Waals surface area contributed by atoms with E-state index in [-0.39, 0.29) is 12.3 Å². The van der Waals surface area contributed by atoms with Gasteiger partial charge in [0, 0.05) is 38.3 Å². The van der Waals surface area contributed by atoms with Crippen LogP contribution in [0.25, 0.3) is 0 Å². The molecular weight excluding hydrogens is 272 g/mol. The molecule has 0 aromatic heterocycles. The molecule has 0 amide bonds. The summed E-state index contributed by atoms with van der Waals surface area (Å²) in [6, 6.07) is 5.52. The number of carboxylic acids is 1. The normalized spacial score (nSPS) is 16.8. The lowest BCUT2D eigenvalue weighted by atomic mass is 10.1. The van der Waals surface area contributed by atoms with Gasteiger partial charge in [-0.3, -0.25) is 14.6 Å². The highest BCUT2D eigenvalue weighted by atomic mass is 16.5. The van der Waals surface area contributed by atoms with Crippen molar-refractivity contribution in [3.8, 4) is 11.5 Å². The van der Waals surface area contributed by atoms with Crippen LogP contribution in [0.4, 0.5) is 0 Å². The Morgan fingerprint density at radius 3 is 2.52 bits per heavy atom. The standard InChI is InChI=1S/C15H22N2O4/c1-2-21-13-5-3-4-12(15(13)20)10-16-6-8-17(9-7-16)11-14(18)19/h3-5,20H,2,6-11H2,1H3,(H,18,19). The first-order valence-corrected chi connectivity index (χ1v) is 7.20. The number of rotatable bonds is 6. The number of carboxylic acid groups (broad SMARTS) is 1. The van der Waals surface area contributed by atoms with Crippen LogP contribution in [-0.2, 0) is 11.3 Å². The van der Waals surface area contributed by atoms with Crippen molar-refractivity contribution in [2.75, 3.05) is 39.3 Å². The van der Waals surface area contributed by atoms with Crippen LogP contribution < -0.4 is 4.74 Å². The molecule has 21 heavy (non-hydrogen) atoms. The molecule has 1 saturated heterocycles. The first-order valence-electron chi connectivity index (χ1n) is 7.20. The number of aromatic hydroxyl groups is 1. The van der Waals surface area contributed by atoms with Crippen LogP contribution in [0, 0.1) is 0 Å². The molecule has 6 nitrogen and oxygen atoms in total. The maximum Gasteiger partial charge on any atom is 0.317 e. The Hall–Kier alpha value is -1.79. The number of benzene rings is 1. The smallest absolute Gasteiger partial charge is 0.317 e. The largest absolute Gasteiger partial charge is 0.504 e. The summed E-state index contributed by atoms with van der Waals surface area (Å²) >= 11 is 0. The third-order valence-corrected chi connectivity index (χ3v) is 3.60. The van der Waals surface area contributed by atoms with Crippen LogP contribution >= 0.6 is 0 Å². The minimum absolute atomic E-state index is 0.0961. The summed E-state index contributed by atoms with van der Waals surface area (Å²) in [4.78, 5) is 14.8. The fourth-order valence-electron chi connectivity index (χ4n) is 2.51. The van der Waals surface area contributed by atoms with E-state index in [2.05, 4.69) is 4.90 Å². The SMILES string of the molecule is CCOc1cccc(CN2CCN(CC(=O)O)CC2)c1O. The second-order valence-electron chi connectivity index (χ2n) is 5.14. The van der Waals surface area contributed by atoms with Gasteiger partial charge in [-0.05, 0) is 13.0 Å². The Balaban J connectivity index is 1.91. The summed E-state index contributed by atoms with van der Waals surface area (Å²) in [5, 5.41) is 19.0. The zero-order valence-corrected chi connectivity index (χ0v) is 12.3. The van der Waals surface area contributed by atoms with E-state index >= 15 is 0 Å². The number of ether oxygens (including phenoxy) is 1. The number of nitrogens with zero attached hydrogens (tertiary/aromatic N) is 2. The van der Waals surface area contributed by atoms with E-state index < -0.39 is 5.97 Å². The van der Waals surface area contributed by atoms with Crippen molar-refractivity contribution in [3.05, 3.63) is 23.8 Å². The maximum absolute atomic E-state index is 10.7. The quantitative estimate of drug-likeness (QED) is 0.815. The van der Waals surface area contributed by atoms with Gasteiger partial charge in [0.1, 0.15) is 0 Å². The number of hydrogen-bond donors (Lipinski definition) is 2. The third kappa shape index (κ3) is 4.34. The van der Waals surface area contributed by atoms with E-state index in [4.69, 9.17) is 9.84 Å². The van der Waals surface area contributed by atoms with Gasteiger partial charge in [0.25, 0.3) is 0 Å². The number of aliphatic carboxylic acids is 1. The first-order chi connectivity index (χ1) is 10.1. The Labute approximate surface area is 124 Å². The fourth-order valence-corrected chi connectivity index (χ4v) is 2.51. The number of carbonyl (C=O) groups is 1. The summed E-state index contributed by atoms with van der Waals surface area (Å²) in [5.41, 5.74) is 0.840. The predicted octanol–water partition coefficient (Wildman–Crippen LogP) is 0.993. The van der Waals surface area contributed by atoms with E-state index in [0.717, 1.165) is 31.7 Å². The summed E-state index contributed by atoms with van der Waals surface area (Å²) in [5.74, 6) is -0.0719. The molecular formula is C15H22N2O4. The molecule has 0 spiro atoms. The average Bonchev–Trinajstić information content (AvgIpc) is 2.45. The molecule has 1 aromatic rings. The minimum atomic E-state index is -0.787. The van der Waals surface area contributed by atoms with Crippen LogP contribution in [0.3, 0.4) is 0 Å². The number of hydrogen-bond acceptors (Lipinski definition) is 5. The van der Waals surface area contributed by atoms with Crippen molar-refractivity contribution in [1.82, 2.24) is 9.80 Å². The van der Waals surface area contributed by atoms with Crippen LogP contribution in [0.2, 0.25) is 0 Å². The average molecular weight is 294 g/mol. The van der Waals surface area contributed by atoms with E-state index in [1.807, 2.05) is 24.0 Å². The monoisotopic (exact) mass is 294 g/mol. The highest BCUT2D eigenvalue weighted by Gasteiger charge is 2.20. The molecule has 1 aliphatic rings. The molecule has 0 atom stereocenters. The first kappa shape index (κ1) is 15.6. The molecule has 1 aromatic carbocycles. The molecule has 0 unspecified atom stereocenters. The van der Waals surface area contributed by atoms with Gasteiger partial charge in [-0.2, -0.15) is 0 Å². The molecule has 1 heterocycles. The van der Waals surface area contributed by atoms with Crippen molar-refractivity contribution in [2.45, 2.75) is 13.5 Å². The molecule has 2 N–H and O–H groups in total. The van der Waals surface area contributed by atoms with Gasteiger partial charge in [0.2, 0.25) is 0 Å². The van der Waals surface area contributed by atoms with Gasteiger partial charge in [-0.1, -0.05) is 12.1 Å². The molecule has 6 heteroatoms. The van der Waals surface area contributed by atoms with Crippen LogP contribution in [-0.4, -0.2) is 65.3 Å². The topological polar surface area (TPSA) is 73.2 Å². The Morgan fingerprint density at radius 1 is 1.24 bits per heavy atom. The van der Waals surface area contributed by atoms with Gasteiger partial charge in [-0.15, -0.1) is 0 Å². The molecule has 0 saturated carbocycles. The van der Waals surface area contributed by atoms with Gasteiger partial charge < -0.3 is 14.9 Å². The Kier molecular flexibility index (Phi) is 5.41. The lowest BCUT2D eigenvalue weighted by Gasteiger charge is -2.33. The van der Waals surface area contributed by atoms with Gasteiger partial charge in [-0.25, -0.2) is 0 Å². The van der Waals surface area contributed by atoms with Crippen molar-refractivity contribution in [2.24, 2.45) is 0 Å². The summed E-state index contributed by atoms with van der Waals surface area (Å²) in [6.07, 6.45) is 0. The molecule has 0 radical (unpaired) electrons. The Bertz CT molecular complexity index is 485. The third-order valence-electron chi connectivity index (χ3n) is 3.60. The highest BCUT2D eigenvalue weighted by molar-refractivity contribution is 5.69. The zero-order valence-electron chi connectivity index (χ0n) is 12.3.